The number of fused-ring (bicyclic) bond motifs is 1. The fourth-order valence-electron chi connectivity index (χ4n) is 5.07. The van der Waals surface area contributed by atoms with Gasteiger partial charge in [-0.25, -0.2) is 9.37 Å². The fraction of sp³-hybridized carbons (Fsp3) is 0.419. The van der Waals surface area contributed by atoms with Gasteiger partial charge in [0.05, 0.1) is 50.2 Å². The number of hydrogen-bond acceptors (Lipinski definition) is 9. The minimum Gasteiger partial charge on any atom is -0.493 e. The van der Waals surface area contributed by atoms with Crippen molar-refractivity contribution >= 4 is 5.91 Å². The number of rotatable bonds is 11. The maximum absolute atomic E-state index is 14.8. The topological polar surface area (TPSA) is 131 Å². The summed E-state index contributed by atoms with van der Waals surface area (Å²) in [5.41, 5.74) is -4.90. The molecule has 3 atom stereocenters. The quantitative estimate of drug-likeness (QED) is 0.234. The van der Waals surface area contributed by atoms with Crippen LogP contribution in [-0.4, -0.2) is 79.5 Å². The Morgan fingerprint density at radius 2 is 1.87 bits per heavy atom. The van der Waals surface area contributed by atoms with Crippen LogP contribution in [0.15, 0.2) is 48.5 Å². The van der Waals surface area contributed by atoms with Crippen LogP contribution in [0, 0.1) is 5.82 Å². The van der Waals surface area contributed by atoms with Gasteiger partial charge in [0, 0.05) is 16.7 Å². The van der Waals surface area contributed by atoms with Gasteiger partial charge in [-0.15, -0.1) is 0 Å². The highest BCUT2D eigenvalue weighted by Gasteiger charge is 2.57. The van der Waals surface area contributed by atoms with Gasteiger partial charge in [0.2, 0.25) is 5.60 Å². The molecule has 2 aliphatic rings. The summed E-state index contributed by atoms with van der Waals surface area (Å²) in [6.07, 6.45) is -6.06. The van der Waals surface area contributed by atoms with Crippen molar-refractivity contribution in [2.24, 2.45) is 0 Å². The second-order valence-corrected chi connectivity index (χ2v) is 11.3. The molecule has 1 saturated heterocycles. The molecule has 242 valence electrons. The van der Waals surface area contributed by atoms with Crippen molar-refractivity contribution in [3.05, 3.63) is 71.2 Å². The van der Waals surface area contributed by atoms with E-state index in [0.717, 1.165) is 18.2 Å². The minimum atomic E-state index is -5.29. The Morgan fingerprint density at radius 1 is 1.16 bits per heavy atom. The summed E-state index contributed by atoms with van der Waals surface area (Å²) in [5, 5.41) is 26.3. The first kappa shape index (κ1) is 32.4. The van der Waals surface area contributed by atoms with Crippen LogP contribution in [0.2, 0.25) is 0 Å². The molecule has 1 fully saturated rings. The lowest BCUT2D eigenvalue weighted by Crippen LogP contribution is -2.55. The molecule has 45 heavy (non-hydrogen) atoms. The van der Waals surface area contributed by atoms with E-state index < -0.39 is 47.4 Å². The Labute approximate surface area is 256 Å². The average molecular weight is 636 g/mol. The molecule has 3 aromatic rings. The van der Waals surface area contributed by atoms with Crippen LogP contribution in [0.4, 0.5) is 17.6 Å². The maximum atomic E-state index is 14.8. The molecule has 1 aromatic heterocycles. The van der Waals surface area contributed by atoms with E-state index in [9.17, 15) is 32.6 Å². The van der Waals surface area contributed by atoms with Crippen molar-refractivity contribution in [3.8, 4) is 28.5 Å². The zero-order valence-corrected chi connectivity index (χ0v) is 24.7. The van der Waals surface area contributed by atoms with Crippen molar-refractivity contribution < 1.29 is 51.5 Å². The Bertz CT molecular complexity index is 1550. The molecule has 0 aliphatic carbocycles. The molecule has 0 unspecified atom stereocenters. The second kappa shape index (κ2) is 12.4. The monoisotopic (exact) mass is 635 g/mol. The van der Waals surface area contributed by atoms with Crippen LogP contribution in [0.25, 0.3) is 11.3 Å². The van der Waals surface area contributed by atoms with Crippen LogP contribution in [-0.2, 0) is 15.9 Å². The molecule has 0 saturated carbocycles. The third kappa shape index (κ3) is 6.54. The molecule has 4 N–H and O–H groups in total. The number of methoxy groups -OCH3 is 1. The number of hydrogen-bond donors (Lipinski definition) is 4. The molecule has 14 heteroatoms. The van der Waals surface area contributed by atoms with E-state index in [1.54, 1.807) is 6.92 Å². The molecule has 0 radical (unpaired) electrons. The summed E-state index contributed by atoms with van der Waals surface area (Å²) < 4.78 is 79.9. The van der Waals surface area contributed by atoms with E-state index in [-0.39, 0.29) is 53.3 Å². The highest BCUT2D eigenvalue weighted by atomic mass is 19.4. The number of halogens is 4. The summed E-state index contributed by atoms with van der Waals surface area (Å²) >= 11 is 0. The Balaban J connectivity index is 1.51. The Morgan fingerprint density at radius 3 is 2.47 bits per heavy atom. The molecular weight excluding hydrogens is 602 g/mol. The number of amides is 1. The smallest absolute Gasteiger partial charge is 0.424 e. The zero-order valence-electron chi connectivity index (χ0n) is 24.7. The number of aliphatic hydroxyl groups is 2. The van der Waals surface area contributed by atoms with Crippen LogP contribution >= 0.6 is 0 Å². The second-order valence-electron chi connectivity index (χ2n) is 11.3. The van der Waals surface area contributed by atoms with Crippen molar-refractivity contribution in [3.63, 3.8) is 0 Å². The van der Waals surface area contributed by atoms with Crippen LogP contribution in [0.1, 0.15) is 35.5 Å². The average Bonchev–Trinajstić information content (AvgIpc) is 3.32. The van der Waals surface area contributed by atoms with Gasteiger partial charge in [-0.1, -0.05) is 0 Å². The molecule has 5 rings (SSSR count). The van der Waals surface area contributed by atoms with Crippen LogP contribution in [0.3, 0.4) is 0 Å². The number of nitrogens with one attached hydrogen (secondary N) is 2. The normalized spacial score (nSPS) is 19.9. The van der Waals surface area contributed by atoms with E-state index in [0.29, 0.717) is 18.8 Å². The van der Waals surface area contributed by atoms with E-state index in [4.69, 9.17) is 18.9 Å². The number of ether oxygens (including phenoxy) is 4. The number of benzene rings is 2. The van der Waals surface area contributed by atoms with Gasteiger partial charge in [-0.05, 0) is 62.4 Å². The summed E-state index contributed by atoms with van der Waals surface area (Å²) in [7, 11) is 1.32. The highest BCUT2D eigenvalue weighted by molar-refractivity contribution is 5.95. The molecule has 0 bridgehead atoms. The third-order valence-electron chi connectivity index (χ3n) is 7.65. The molecule has 0 spiro atoms. The summed E-state index contributed by atoms with van der Waals surface area (Å²) in [5.74, 6) is -0.971. The summed E-state index contributed by atoms with van der Waals surface area (Å²) in [4.78, 5) is 17.3. The van der Waals surface area contributed by atoms with Crippen LogP contribution in [0.5, 0.6) is 17.2 Å². The number of nitrogens with zero attached hydrogens (tertiary/aromatic N) is 1. The fourth-order valence-corrected chi connectivity index (χ4v) is 5.07. The Hall–Kier alpha value is -3.98. The Kier molecular flexibility index (Phi) is 8.95. The van der Waals surface area contributed by atoms with Gasteiger partial charge >= 0.3 is 6.18 Å². The molecule has 1 amide bonds. The summed E-state index contributed by atoms with van der Waals surface area (Å²) in [6, 6.07) is 9.98. The minimum absolute atomic E-state index is 0.0237. The van der Waals surface area contributed by atoms with Gasteiger partial charge in [0.15, 0.2) is 17.2 Å². The van der Waals surface area contributed by atoms with Gasteiger partial charge < -0.3 is 34.5 Å². The third-order valence-corrected chi connectivity index (χ3v) is 7.65. The lowest BCUT2D eigenvalue weighted by Gasteiger charge is -2.36. The van der Waals surface area contributed by atoms with Crippen molar-refractivity contribution in [1.29, 1.82) is 0 Å². The van der Waals surface area contributed by atoms with Crippen molar-refractivity contribution in [2.75, 3.05) is 40.1 Å². The first-order valence-electron chi connectivity index (χ1n) is 14.1. The number of carbonyl (C=O) groups excluding carboxylic acids is 1. The molecule has 10 nitrogen and oxygen atoms in total. The SMILES string of the molecule is COc1cc(C(=O)NC[C@@](O)(c2cc3c(c(-c4ccc(F)cc4)n2)OC[C@@]3(C)NC2COC2)C(F)(F)F)ccc1OC[C@@H](C)O. The first-order valence-corrected chi connectivity index (χ1v) is 14.1. The number of carbonyl (C=O) groups is 1. The number of pyridine rings is 1. The van der Waals surface area contributed by atoms with Gasteiger partial charge in [0.1, 0.15) is 24.7 Å². The largest absolute Gasteiger partial charge is 0.493 e. The zero-order chi connectivity index (χ0) is 32.6. The standard InChI is InChI=1S/C31H33F4N3O7/c1-17(39)12-44-23-9-6-19(10-24(23)42-3)28(40)36-15-30(41,31(33,34)35)25-11-22-27(26(37-25)18-4-7-20(32)8-5-18)45-16-29(22,2)38-21-13-43-14-21/h4-11,17,21,38-39,41H,12-16H2,1-3H3,(H,36,40)/t17-,29-,30-/m1/s1. The predicted octanol–water partition coefficient (Wildman–Crippen LogP) is 3.43. The van der Waals surface area contributed by atoms with Crippen LogP contribution < -0.4 is 24.8 Å². The van der Waals surface area contributed by atoms with E-state index >= 15 is 0 Å². The van der Waals surface area contributed by atoms with E-state index in [1.807, 2.05) is 0 Å². The maximum Gasteiger partial charge on any atom is 0.424 e. The number of aliphatic hydroxyl groups excluding tert-OH is 1. The van der Waals surface area contributed by atoms with Gasteiger partial charge in [-0.2, -0.15) is 13.2 Å². The summed E-state index contributed by atoms with van der Waals surface area (Å²) in [6.45, 7) is 2.80. The van der Waals surface area contributed by atoms with E-state index in [1.165, 1.54) is 44.4 Å². The molecule has 2 aromatic carbocycles. The van der Waals surface area contributed by atoms with E-state index in [2.05, 4.69) is 15.6 Å². The molecule has 2 aliphatic heterocycles. The lowest BCUT2D eigenvalue weighted by atomic mass is 9.88. The lowest BCUT2D eigenvalue weighted by molar-refractivity contribution is -0.265. The van der Waals surface area contributed by atoms with Gasteiger partial charge in [0.25, 0.3) is 5.91 Å². The highest BCUT2D eigenvalue weighted by Crippen LogP contribution is 2.47. The predicted molar refractivity (Wildman–Crippen MR) is 153 cm³/mol. The first-order chi connectivity index (χ1) is 21.2. The number of aromatic nitrogens is 1. The van der Waals surface area contributed by atoms with Gasteiger partial charge in [-0.3, -0.25) is 10.1 Å². The number of alkyl halides is 3. The van der Waals surface area contributed by atoms with Crippen molar-refractivity contribution in [2.45, 2.75) is 43.3 Å². The molecule has 3 heterocycles. The molecular formula is C31H33F4N3O7. The van der Waals surface area contributed by atoms with Crippen molar-refractivity contribution in [1.82, 2.24) is 15.6 Å².